The van der Waals surface area contributed by atoms with Gasteiger partial charge in [0.15, 0.2) is 0 Å². The number of rotatable bonds is 2. The van der Waals surface area contributed by atoms with Crippen molar-refractivity contribution in [1.82, 2.24) is 9.88 Å². The summed E-state index contributed by atoms with van der Waals surface area (Å²) in [7, 11) is 0. The SMILES string of the molecule is c1ccc(C2Cc3scnc3CC2N2CCCCC2)cc1. The van der Waals surface area contributed by atoms with Crippen LogP contribution in [0.4, 0.5) is 0 Å². The molecular formula is C18H22N2S. The van der Waals surface area contributed by atoms with Crippen LogP contribution < -0.4 is 0 Å². The standard InChI is InChI=1S/C18H22N2S/c1-3-7-14(8-4-1)15-11-18-16(19-13-21-18)12-17(15)20-9-5-2-6-10-20/h1,3-4,7-8,13,15,17H,2,5-6,9-12H2. The van der Waals surface area contributed by atoms with E-state index in [9.17, 15) is 0 Å². The fourth-order valence-electron chi connectivity index (χ4n) is 3.98. The highest BCUT2D eigenvalue weighted by atomic mass is 32.1. The first-order valence-corrected chi connectivity index (χ1v) is 9.00. The van der Waals surface area contributed by atoms with E-state index in [0.29, 0.717) is 12.0 Å². The van der Waals surface area contributed by atoms with Gasteiger partial charge in [0.05, 0.1) is 11.2 Å². The maximum atomic E-state index is 4.62. The summed E-state index contributed by atoms with van der Waals surface area (Å²) in [5, 5.41) is 0. The molecule has 110 valence electrons. The van der Waals surface area contributed by atoms with Gasteiger partial charge in [0.1, 0.15) is 0 Å². The van der Waals surface area contributed by atoms with E-state index in [4.69, 9.17) is 0 Å². The molecule has 0 spiro atoms. The molecule has 1 aromatic heterocycles. The van der Waals surface area contributed by atoms with Crippen LogP contribution in [-0.4, -0.2) is 29.0 Å². The number of fused-ring (bicyclic) bond motifs is 1. The van der Waals surface area contributed by atoms with Crippen LogP contribution in [-0.2, 0) is 12.8 Å². The molecule has 0 N–H and O–H groups in total. The molecule has 2 aromatic rings. The summed E-state index contributed by atoms with van der Waals surface area (Å²) in [4.78, 5) is 8.87. The zero-order valence-corrected chi connectivity index (χ0v) is 13.2. The largest absolute Gasteiger partial charge is 0.299 e. The van der Waals surface area contributed by atoms with Crippen molar-refractivity contribution in [2.45, 2.75) is 44.1 Å². The second-order valence-corrected chi connectivity index (χ2v) is 7.25. The minimum atomic E-state index is 0.636. The quantitative estimate of drug-likeness (QED) is 0.836. The van der Waals surface area contributed by atoms with E-state index in [1.807, 2.05) is 16.8 Å². The maximum absolute atomic E-state index is 4.62. The van der Waals surface area contributed by atoms with Crippen LogP contribution >= 0.6 is 11.3 Å². The molecule has 2 nitrogen and oxygen atoms in total. The van der Waals surface area contributed by atoms with Gasteiger partial charge in [-0.15, -0.1) is 11.3 Å². The molecule has 0 amide bonds. The van der Waals surface area contributed by atoms with Gasteiger partial charge >= 0.3 is 0 Å². The molecule has 1 saturated heterocycles. The van der Waals surface area contributed by atoms with Crippen molar-refractivity contribution in [1.29, 1.82) is 0 Å². The van der Waals surface area contributed by atoms with E-state index in [1.54, 1.807) is 0 Å². The van der Waals surface area contributed by atoms with Crippen molar-refractivity contribution < 1.29 is 0 Å². The smallest absolute Gasteiger partial charge is 0.0797 e. The van der Waals surface area contributed by atoms with Crippen LogP contribution in [0.15, 0.2) is 35.8 Å². The average molecular weight is 298 g/mol. The van der Waals surface area contributed by atoms with Crippen molar-refractivity contribution in [3.63, 3.8) is 0 Å². The predicted molar refractivity (Wildman–Crippen MR) is 87.9 cm³/mol. The molecule has 4 rings (SSSR count). The van der Waals surface area contributed by atoms with Crippen LogP contribution in [0.2, 0.25) is 0 Å². The molecule has 1 fully saturated rings. The Morgan fingerprint density at radius 3 is 2.62 bits per heavy atom. The van der Waals surface area contributed by atoms with Gasteiger partial charge in [-0.25, -0.2) is 4.98 Å². The Bertz CT molecular complexity index is 586. The normalized spacial score (nSPS) is 26.5. The van der Waals surface area contributed by atoms with Crippen molar-refractivity contribution in [3.8, 4) is 0 Å². The van der Waals surface area contributed by atoms with Gasteiger partial charge in [0.25, 0.3) is 0 Å². The Kier molecular flexibility index (Phi) is 3.78. The molecule has 2 unspecified atom stereocenters. The Labute approximate surface area is 130 Å². The summed E-state index contributed by atoms with van der Waals surface area (Å²) in [5.74, 6) is 0.636. The number of thiazole rings is 1. The maximum Gasteiger partial charge on any atom is 0.0797 e. The third-order valence-electron chi connectivity index (χ3n) is 5.09. The van der Waals surface area contributed by atoms with E-state index in [2.05, 4.69) is 40.2 Å². The lowest BCUT2D eigenvalue weighted by atomic mass is 9.80. The highest BCUT2D eigenvalue weighted by Crippen LogP contribution is 2.37. The molecule has 3 heteroatoms. The fraction of sp³-hybridized carbons (Fsp3) is 0.500. The van der Waals surface area contributed by atoms with Gasteiger partial charge in [0, 0.05) is 23.3 Å². The number of aromatic nitrogens is 1. The van der Waals surface area contributed by atoms with Crippen molar-refractivity contribution in [2.75, 3.05) is 13.1 Å². The molecule has 0 saturated carbocycles. The molecule has 2 heterocycles. The third-order valence-corrected chi connectivity index (χ3v) is 5.98. The second kappa shape index (κ2) is 5.90. The molecule has 2 aliphatic rings. The molecule has 2 atom stereocenters. The Morgan fingerprint density at radius 1 is 1.00 bits per heavy atom. The minimum absolute atomic E-state index is 0.636. The Morgan fingerprint density at radius 2 is 1.81 bits per heavy atom. The van der Waals surface area contributed by atoms with Gasteiger partial charge in [-0.05, 0) is 37.9 Å². The molecule has 21 heavy (non-hydrogen) atoms. The van der Waals surface area contributed by atoms with Crippen molar-refractivity contribution in [2.24, 2.45) is 0 Å². The first-order valence-electron chi connectivity index (χ1n) is 8.12. The minimum Gasteiger partial charge on any atom is -0.299 e. The fourth-order valence-corrected chi connectivity index (χ4v) is 4.83. The van der Waals surface area contributed by atoms with Gasteiger partial charge in [0.2, 0.25) is 0 Å². The summed E-state index contributed by atoms with van der Waals surface area (Å²) in [5.41, 5.74) is 4.90. The number of piperidine rings is 1. The van der Waals surface area contributed by atoms with Crippen LogP contribution in [0.1, 0.15) is 41.3 Å². The second-order valence-electron chi connectivity index (χ2n) is 6.31. The van der Waals surface area contributed by atoms with E-state index in [1.165, 1.54) is 54.9 Å². The predicted octanol–water partition coefficient (Wildman–Crippen LogP) is 3.88. The summed E-state index contributed by atoms with van der Waals surface area (Å²) in [6, 6.07) is 11.8. The molecule has 1 aromatic carbocycles. The zero-order chi connectivity index (χ0) is 14.1. The monoisotopic (exact) mass is 298 g/mol. The summed E-state index contributed by atoms with van der Waals surface area (Å²) in [6.07, 6.45) is 6.44. The Balaban J connectivity index is 1.67. The number of benzene rings is 1. The zero-order valence-electron chi connectivity index (χ0n) is 12.4. The third kappa shape index (κ3) is 2.65. The van der Waals surface area contributed by atoms with E-state index < -0.39 is 0 Å². The molecule has 0 radical (unpaired) electrons. The van der Waals surface area contributed by atoms with E-state index >= 15 is 0 Å². The first-order chi connectivity index (χ1) is 10.4. The van der Waals surface area contributed by atoms with Crippen LogP contribution in [0, 0.1) is 0 Å². The lowest BCUT2D eigenvalue weighted by Crippen LogP contribution is -2.46. The molecule has 1 aliphatic carbocycles. The van der Waals surface area contributed by atoms with Gasteiger partial charge in [-0.2, -0.15) is 0 Å². The van der Waals surface area contributed by atoms with Crippen molar-refractivity contribution >= 4 is 11.3 Å². The number of likely N-dealkylation sites (tertiary alicyclic amines) is 1. The lowest BCUT2D eigenvalue weighted by Gasteiger charge is -2.41. The Hall–Kier alpha value is -1.19. The van der Waals surface area contributed by atoms with E-state index in [-0.39, 0.29) is 0 Å². The van der Waals surface area contributed by atoms with Crippen molar-refractivity contribution in [3.05, 3.63) is 52.0 Å². The average Bonchev–Trinajstić information content (AvgIpc) is 3.03. The molecule has 0 bridgehead atoms. The van der Waals surface area contributed by atoms with Gasteiger partial charge < -0.3 is 0 Å². The summed E-state index contributed by atoms with van der Waals surface area (Å²) >= 11 is 1.84. The highest BCUT2D eigenvalue weighted by Gasteiger charge is 2.35. The highest BCUT2D eigenvalue weighted by molar-refractivity contribution is 7.09. The summed E-state index contributed by atoms with van der Waals surface area (Å²) < 4.78 is 0. The van der Waals surface area contributed by atoms with Crippen LogP contribution in [0.5, 0.6) is 0 Å². The number of nitrogens with zero attached hydrogens (tertiary/aromatic N) is 2. The summed E-state index contributed by atoms with van der Waals surface area (Å²) in [6.45, 7) is 2.54. The van der Waals surface area contributed by atoms with Gasteiger partial charge in [-0.3, -0.25) is 4.90 Å². The molecular weight excluding hydrogens is 276 g/mol. The number of hydrogen-bond acceptors (Lipinski definition) is 3. The van der Waals surface area contributed by atoms with Crippen LogP contribution in [0.3, 0.4) is 0 Å². The van der Waals surface area contributed by atoms with Gasteiger partial charge in [-0.1, -0.05) is 36.8 Å². The van der Waals surface area contributed by atoms with Crippen LogP contribution in [0.25, 0.3) is 0 Å². The molecule has 1 aliphatic heterocycles. The first kappa shape index (κ1) is 13.5. The van der Waals surface area contributed by atoms with E-state index in [0.717, 1.165) is 6.42 Å². The lowest BCUT2D eigenvalue weighted by molar-refractivity contribution is 0.134. The number of hydrogen-bond donors (Lipinski definition) is 0. The topological polar surface area (TPSA) is 16.1 Å².